The summed E-state index contributed by atoms with van der Waals surface area (Å²) < 4.78 is 5.10. The Morgan fingerprint density at radius 1 is 1.03 bits per heavy atom. The highest BCUT2D eigenvalue weighted by Crippen LogP contribution is 2.26. The average Bonchev–Trinajstić information content (AvgIpc) is 2.75. The number of fused-ring (bicyclic) bond motifs is 1. The van der Waals surface area contributed by atoms with E-state index in [4.69, 9.17) is 4.74 Å². The van der Waals surface area contributed by atoms with E-state index in [-0.39, 0.29) is 18.0 Å². The van der Waals surface area contributed by atoms with E-state index in [9.17, 15) is 4.79 Å². The predicted molar refractivity (Wildman–Crippen MR) is 127 cm³/mol. The molecule has 30 heavy (non-hydrogen) atoms. The summed E-state index contributed by atoms with van der Waals surface area (Å²) in [4.78, 5) is 14.3. The Hall–Kier alpha value is -2.41. The molecule has 0 spiro atoms. The van der Waals surface area contributed by atoms with E-state index in [0.29, 0.717) is 5.39 Å². The van der Waals surface area contributed by atoms with Crippen molar-refractivity contribution in [1.29, 1.82) is 0 Å². The van der Waals surface area contributed by atoms with Gasteiger partial charge in [0.25, 0.3) is 5.56 Å². The van der Waals surface area contributed by atoms with Crippen LogP contribution in [0.1, 0.15) is 19.3 Å². The lowest BCUT2D eigenvalue weighted by atomic mass is 10.0. The fourth-order valence-corrected chi connectivity index (χ4v) is 3.39. The first-order valence-corrected chi connectivity index (χ1v) is 10.2. The van der Waals surface area contributed by atoms with Gasteiger partial charge in [-0.1, -0.05) is 36.8 Å². The SMILES string of the molecule is COCCN(C)CCCCCNc1cccc(-c2n[nH]c(=O)c3ccccc23)c1.Cl. The summed E-state index contributed by atoms with van der Waals surface area (Å²) in [6, 6.07) is 15.8. The first-order chi connectivity index (χ1) is 14.2. The molecule has 0 aliphatic heterocycles. The highest BCUT2D eigenvalue weighted by Gasteiger charge is 2.08. The van der Waals surface area contributed by atoms with Crippen LogP contribution in [-0.2, 0) is 4.74 Å². The van der Waals surface area contributed by atoms with E-state index in [1.165, 1.54) is 12.8 Å². The van der Waals surface area contributed by atoms with Crippen LogP contribution in [0.3, 0.4) is 0 Å². The van der Waals surface area contributed by atoms with Crippen molar-refractivity contribution in [3.8, 4) is 11.3 Å². The van der Waals surface area contributed by atoms with Gasteiger partial charge >= 0.3 is 0 Å². The Balaban J connectivity index is 0.00000320. The molecule has 0 fully saturated rings. The van der Waals surface area contributed by atoms with Gasteiger partial charge < -0.3 is 15.0 Å². The zero-order chi connectivity index (χ0) is 20.5. The van der Waals surface area contributed by atoms with E-state index in [2.05, 4.69) is 39.6 Å². The maximum Gasteiger partial charge on any atom is 0.272 e. The average molecular weight is 431 g/mol. The molecule has 3 aromatic rings. The fraction of sp³-hybridized carbons (Fsp3) is 0.391. The minimum atomic E-state index is -0.161. The lowest BCUT2D eigenvalue weighted by Crippen LogP contribution is -2.23. The quantitative estimate of drug-likeness (QED) is 0.447. The molecule has 7 heteroatoms. The number of ether oxygens (including phenoxy) is 1. The number of unbranched alkanes of at least 4 members (excludes halogenated alkanes) is 2. The third-order valence-corrected chi connectivity index (χ3v) is 5.05. The number of H-pyrrole nitrogens is 1. The molecule has 0 amide bonds. The van der Waals surface area contributed by atoms with Crippen molar-refractivity contribution in [3.63, 3.8) is 0 Å². The summed E-state index contributed by atoms with van der Waals surface area (Å²) in [6.45, 7) is 3.80. The molecular formula is C23H31ClN4O2. The maximum atomic E-state index is 12.0. The van der Waals surface area contributed by atoms with Crippen molar-refractivity contribution in [2.24, 2.45) is 0 Å². The molecule has 1 aromatic heterocycles. The van der Waals surface area contributed by atoms with Crippen molar-refractivity contribution < 1.29 is 4.74 Å². The van der Waals surface area contributed by atoms with E-state index >= 15 is 0 Å². The molecule has 6 nitrogen and oxygen atoms in total. The normalized spacial score (nSPS) is 10.9. The van der Waals surface area contributed by atoms with Crippen LogP contribution in [0, 0.1) is 0 Å². The van der Waals surface area contributed by atoms with Crippen molar-refractivity contribution >= 4 is 28.9 Å². The summed E-state index contributed by atoms with van der Waals surface area (Å²) in [5.74, 6) is 0. The molecule has 0 atom stereocenters. The first kappa shape index (κ1) is 23.9. The number of anilines is 1. The number of nitrogens with zero attached hydrogens (tertiary/aromatic N) is 2. The molecule has 1 heterocycles. The van der Waals surface area contributed by atoms with E-state index in [1.807, 2.05) is 36.4 Å². The molecule has 0 unspecified atom stereocenters. The summed E-state index contributed by atoms with van der Waals surface area (Å²) >= 11 is 0. The highest BCUT2D eigenvalue weighted by molar-refractivity contribution is 5.94. The Morgan fingerprint density at radius 2 is 1.83 bits per heavy atom. The zero-order valence-corrected chi connectivity index (χ0v) is 18.5. The summed E-state index contributed by atoms with van der Waals surface area (Å²) in [7, 11) is 3.88. The number of methoxy groups -OCH3 is 1. The second-order valence-corrected chi connectivity index (χ2v) is 7.31. The molecular weight excluding hydrogens is 400 g/mol. The number of rotatable bonds is 11. The monoisotopic (exact) mass is 430 g/mol. The number of halogens is 1. The van der Waals surface area contributed by atoms with Crippen LogP contribution >= 0.6 is 12.4 Å². The van der Waals surface area contributed by atoms with Crippen LogP contribution in [0.25, 0.3) is 22.0 Å². The summed E-state index contributed by atoms with van der Waals surface area (Å²) in [6.07, 6.45) is 3.51. The lowest BCUT2D eigenvalue weighted by Gasteiger charge is -2.15. The lowest BCUT2D eigenvalue weighted by molar-refractivity contribution is 0.160. The molecule has 0 aliphatic carbocycles. The van der Waals surface area contributed by atoms with Gasteiger partial charge in [0.1, 0.15) is 0 Å². The second-order valence-electron chi connectivity index (χ2n) is 7.31. The third kappa shape index (κ3) is 6.55. The van der Waals surface area contributed by atoms with Gasteiger partial charge in [-0.25, -0.2) is 5.10 Å². The van der Waals surface area contributed by atoms with E-state index in [1.54, 1.807) is 7.11 Å². The van der Waals surface area contributed by atoms with Crippen molar-refractivity contribution in [2.75, 3.05) is 45.7 Å². The van der Waals surface area contributed by atoms with Crippen molar-refractivity contribution in [3.05, 3.63) is 58.9 Å². The largest absolute Gasteiger partial charge is 0.385 e. The van der Waals surface area contributed by atoms with Gasteiger partial charge in [0, 0.05) is 36.8 Å². The molecule has 0 aliphatic rings. The molecule has 0 saturated carbocycles. The number of hydrogen-bond acceptors (Lipinski definition) is 5. The fourth-order valence-electron chi connectivity index (χ4n) is 3.39. The highest BCUT2D eigenvalue weighted by atomic mass is 35.5. The molecule has 2 N–H and O–H groups in total. The topological polar surface area (TPSA) is 70.2 Å². The molecule has 162 valence electrons. The van der Waals surface area contributed by atoms with Crippen LogP contribution in [0.5, 0.6) is 0 Å². The molecule has 0 bridgehead atoms. The van der Waals surface area contributed by atoms with Crippen molar-refractivity contribution in [1.82, 2.24) is 15.1 Å². The zero-order valence-electron chi connectivity index (χ0n) is 17.7. The van der Waals surface area contributed by atoms with E-state index in [0.717, 1.165) is 55.0 Å². The molecule has 2 aromatic carbocycles. The minimum absolute atomic E-state index is 0. The van der Waals surface area contributed by atoms with Crippen LogP contribution in [0.2, 0.25) is 0 Å². The minimum Gasteiger partial charge on any atom is -0.385 e. The Kier molecular flexibility index (Phi) is 9.80. The van der Waals surface area contributed by atoms with Gasteiger partial charge in [0.15, 0.2) is 0 Å². The predicted octanol–water partition coefficient (Wildman–Crippen LogP) is 4.17. The number of likely N-dealkylation sites (N-methyl/N-ethyl adjacent to an activating group) is 1. The molecule has 0 radical (unpaired) electrons. The van der Waals surface area contributed by atoms with Crippen LogP contribution in [0.4, 0.5) is 5.69 Å². The molecule has 3 rings (SSSR count). The van der Waals surface area contributed by atoms with E-state index < -0.39 is 0 Å². The van der Waals surface area contributed by atoms with Gasteiger partial charge in [-0.05, 0) is 44.6 Å². The molecule has 0 saturated heterocycles. The van der Waals surface area contributed by atoms with Gasteiger partial charge in [-0.3, -0.25) is 4.79 Å². The number of nitrogens with one attached hydrogen (secondary N) is 2. The van der Waals surface area contributed by atoms with Crippen LogP contribution < -0.4 is 10.9 Å². The first-order valence-electron chi connectivity index (χ1n) is 10.2. The number of benzene rings is 2. The number of hydrogen-bond donors (Lipinski definition) is 2. The summed E-state index contributed by atoms with van der Waals surface area (Å²) in [5, 5.41) is 11.9. The van der Waals surface area contributed by atoms with Gasteiger partial charge in [-0.15, -0.1) is 12.4 Å². The Bertz CT molecular complexity index is 977. The third-order valence-electron chi connectivity index (χ3n) is 5.05. The van der Waals surface area contributed by atoms with Gasteiger partial charge in [0.05, 0.1) is 17.7 Å². The number of aromatic amines is 1. The number of aromatic nitrogens is 2. The van der Waals surface area contributed by atoms with Gasteiger partial charge in [-0.2, -0.15) is 5.10 Å². The Morgan fingerprint density at radius 3 is 2.63 bits per heavy atom. The second kappa shape index (κ2) is 12.3. The standard InChI is InChI=1S/C23H30N4O2.ClH/c1-27(15-16-29-2)14-7-3-6-13-24-19-10-8-9-18(17-19)22-20-11-4-5-12-21(20)23(28)26-25-22;/h4-5,8-12,17,24H,3,6-7,13-16H2,1-2H3,(H,26,28);1H. The van der Waals surface area contributed by atoms with Gasteiger partial charge in [0.2, 0.25) is 0 Å². The van der Waals surface area contributed by atoms with Crippen LogP contribution in [0.15, 0.2) is 53.3 Å². The smallest absolute Gasteiger partial charge is 0.272 e. The summed E-state index contributed by atoms with van der Waals surface area (Å²) in [5.41, 5.74) is 2.69. The Labute approximate surface area is 184 Å². The maximum absolute atomic E-state index is 12.0. The van der Waals surface area contributed by atoms with Crippen LogP contribution in [-0.4, -0.2) is 55.5 Å². The van der Waals surface area contributed by atoms with Crippen molar-refractivity contribution in [2.45, 2.75) is 19.3 Å².